The molecule has 5 nitrogen and oxygen atoms in total. The molecule has 0 bridgehead atoms. The Hall–Kier alpha value is 0.563. The number of nitrogens with zero attached hydrogens (tertiary/aromatic N) is 1. The quantitative estimate of drug-likeness (QED) is 0.269. The third kappa shape index (κ3) is 20.8. The van der Waals surface area contributed by atoms with E-state index >= 15 is 0 Å². The average molecular weight is 355 g/mol. The van der Waals surface area contributed by atoms with Crippen LogP contribution in [-0.4, -0.2) is 36.5 Å². The van der Waals surface area contributed by atoms with Crippen LogP contribution in [0.15, 0.2) is 0 Å². The third-order valence-electron chi connectivity index (χ3n) is 0.0667. The average Bonchev–Trinajstić information content (AvgIpc) is 1.38. The smallest absolute Gasteiger partial charge is 0 e. The van der Waals surface area contributed by atoms with Crippen molar-refractivity contribution in [2.45, 2.75) is 0 Å². The van der Waals surface area contributed by atoms with Crippen molar-refractivity contribution in [3.8, 4) is 0 Å². The van der Waals surface area contributed by atoms with Crippen LogP contribution in [0.5, 0.6) is 0 Å². The first-order valence-electron chi connectivity index (χ1n) is 0.730. The maximum Gasteiger partial charge on any atom is 0 e. The summed E-state index contributed by atoms with van der Waals surface area (Å²) in [4.78, 5) is 11.2. The van der Waals surface area contributed by atoms with Crippen LogP contribution < -0.4 is 0 Å². The Bertz CT molecular complexity index is 47.0. The summed E-state index contributed by atoms with van der Waals surface area (Å²) in [5.41, 5.74) is 0. The van der Waals surface area contributed by atoms with Crippen molar-refractivity contribution >= 4 is 26.2 Å². The monoisotopic (exact) mass is 354 g/mol. The molecule has 0 atom stereocenters. The van der Waals surface area contributed by atoms with Crippen LogP contribution in [0, 0.1) is 10.1 Å². The van der Waals surface area contributed by atoms with Gasteiger partial charge in [0.05, 0.1) is 0 Å². The molecular weight excluding hydrogens is 351 g/mol. The molecule has 0 aliphatic rings. The molecule has 1 N–H and O–H groups in total. The molecule has 49 valence electrons. The van der Waals surface area contributed by atoms with Gasteiger partial charge in [0.25, 0.3) is 0 Å². The molecule has 7 heteroatoms. The summed E-state index contributed by atoms with van der Waals surface area (Å²) in [5.74, 6) is 0. The van der Waals surface area contributed by atoms with Crippen molar-refractivity contribution in [1.82, 2.24) is 0 Å². The van der Waals surface area contributed by atoms with E-state index in [1.807, 2.05) is 0 Å². The normalized spacial score (nSPS) is 4.71. The summed E-state index contributed by atoms with van der Waals surface area (Å²) in [5, 5.41) is 14.3. The van der Waals surface area contributed by atoms with Gasteiger partial charge in [0.2, 0.25) is 0 Å². The fourth-order valence-electron chi connectivity index (χ4n) is 0. The predicted octanol–water partition coefficient (Wildman–Crippen LogP) is -1.52. The molecule has 0 heterocycles. The summed E-state index contributed by atoms with van der Waals surface area (Å²) in [7, 11) is 0. The maximum absolute atomic E-state index is 8.70. The van der Waals surface area contributed by atoms with Crippen molar-refractivity contribution < 1.29 is 32.4 Å². The Balaban J connectivity index is -0.0000000800. The van der Waals surface area contributed by atoms with E-state index in [4.69, 9.17) is 15.4 Å². The first-order chi connectivity index (χ1) is 2.27. The van der Waals surface area contributed by atoms with Gasteiger partial charge in [0.15, 0.2) is 0 Å². The van der Waals surface area contributed by atoms with Crippen LogP contribution in [0.4, 0.5) is 0 Å². The number of hydrogen-bond acceptors (Lipinski definition) is 4. The second kappa shape index (κ2) is 9.75. The second-order valence-corrected chi connectivity index (χ2v) is 0.305. The van der Waals surface area contributed by atoms with Gasteiger partial charge in [-0.2, -0.15) is 0 Å². The van der Waals surface area contributed by atoms with Gasteiger partial charge in [-0.1, -0.05) is 0 Å². The second-order valence-electron chi connectivity index (χ2n) is 0.305. The minimum Gasteiger partial charge on any atom is 0 e. The summed E-state index contributed by atoms with van der Waals surface area (Å²) in [6.07, 6.45) is 0. The first kappa shape index (κ1) is 15.6. The molecule has 0 saturated carbocycles. The topological polar surface area (TPSA) is 72.6 Å². The number of rotatable bonds is 1. The molecule has 0 aliphatic carbocycles. The molecule has 0 unspecified atom stereocenters. The minimum atomic E-state index is -1.32. The zero-order chi connectivity index (χ0) is 4.28. The molecule has 0 aromatic rings. The van der Waals surface area contributed by atoms with Crippen LogP contribution in [0.1, 0.15) is 0 Å². The Morgan fingerprint density at radius 3 is 1.86 bits per heavy atom. The summed E-state index contributed by atoms with van der Waals surface area (Å²) in [6.45, 7) is 0. The largest absolute Gasteiger partial charge is 0 e. The standard InChI is InChI=1S/Bi.Cu.HNO4.3H/c;;2-1(3)5-4;;;/h;;4H;;;. The molecule has 0 aliphatic heterocycles. The Morgan fingerprint density at radius 1 is 1.71 bits per heavy atom. The van der Waals surface area contributed by atoms with Gasteiger partial charge in [0.1, 0.15) is 0 Å². The van der Waals surface area contributed by atoms with Gasteiger partial charge in [0, 0.05) is 17.1 Å². The SMILES string of the molecule is O=[N+]([O-])OO.[BiH3].[Cu]. The van der Waals surface area contributed by atoms with Gasteiger partial charge in [-0.15, -0.1) is 15.1 Å². The van der Waals surface area contributed by atoms with Crippen LogP contribution >= 0.6 is 0 Å². The molecule has 0 aromatic heterocycles. The Kier molecular flexibility index (Phi) is 21.8. The first-order valence-corrected chi connectivity index (χ1v) is 0.730. The van der Waals surface area contributed by atoms with E-state index in [-0.39, 0.29) is 43.3 Å². The Morgan fingerprint density at radius 2 is 1.86 bits per heavy atom. The fraction of sp³-hybridized carbons (Fsp3) is 0. The molecule has 0 spiro atoms. The van der Waals surface area contributed by atoms with Gasteiger partial charge in [-0.3, -0.25) is 0 Å². The number of hydrogen-bond donors (Lipinski definition) is 1. The molecule has 1 radical (unpaired) electrons. The third-order valence-corrected chi connectivity index (χ3v) is 0.0667. The maximum atomic E-state index is 8.70. The van der Waals surface area contributed by atoms with E-state index in [0.717, 1.165) is 0 Å². The van der Waals surface area contributed by atoms with Crippen LogP contribution in [0.3, 0.4) is 0 Å². The van der Waals surface area contributed by atoms with E-state index in [2.05, 4.69) is 4.99 Å². The summed E-state index contributed by atoms with van der Waals surface area (Å²) < 4.78 is 0. The van der Waals surface area contributed by atoms with Crippen LogP contribution in [-0.2, 0) is 22.1 Å². The van der Waals surface area contributed by atoms with E-state index in [0.29, 0.717) is 0 Å². The minimum absolute atomic E-state index is 0. The zero-order valence-electron chi connectivity index (χ0n) is 3.13. The van der Waals surface area contributed by atoms with Crippen molar-refractivity contribution in [1.29, 1.82) is 0 Å². The fourth-order valence-corrected chi connectivity index (χ4v) is 0. The van der Waals surface area contributed by atoms with Gasteiger partial charge < -0.3 is 0 Å². The zero-order valence-corrected chi connectivity index (χ0v) is 9.57. The molecule has 0 saturated heterocycles. The molecular formula is H4BiCuNO4. The molecule has 0 amide bonds. The van der Waals surface area contributed by atoms with Gasteiger partial charge in [-0.05, 0) is 0 Å². The van der Waals surface area contributed by atoms with Crippen LogP contribution in [0.25, 0.3) is 0 Å². The molecule has 7 heavy (non-hydrogen) atoms. The summed E-state index contributed by atoms with van der Waals surface area (Å²) in [6, 6.07) is 0. The molecule has 0 aromatic carbocycles. The van der Waals surface area contributed by atoms with E-state index in [1.165, 1.54) is 0 Å². The van der Waals surface area contributed by atoms with Crippen molar-refractivity contribution in [3.63, 3.8) is 0 Å². The predicted molar refractivity (Wildman–Crippen MR) is 20.6 cm³/mol. The van der Waals surface area contributed by atoms with Crippen LogP contribution in [0.2, 0.25) is 0 Å². The summed E-state index contributed by atoms with van der Waals surface area (Å²) >= 11 is 0. The van der Waals surface area contributed by atoms with E-state index < -0.39 is 5.09 Å². The Labute approximate surface area is 68.7 Å². The van der Waals surface area contributed by atoms with Crippen molar-refractivity contribution in [2.24, 2.45) is 0 Å². The molecule has 0 fully saturated rings. The van der Waals surface area contributed by atoms with Crippen molar-refractivity contribution in [3.05, 3.63) is 10.1 Å². The van der Waals surface area contributed by atoms with Crippen molar-refractivity contribution in [2.75, 3.05) is 0 Å². The molecule has 0 rings (SSSR count). The van der Waals surface area contributed by atoms with E-state index in [1.54, 1.807) is 0 Å². The van der Waals surface area contributed by atoms with Gasteiger partial charge >= 0.3 is 31.3 Å². The van der Waals surface area contributed by atoms with E-state index in [9.17, 15) is 0 Å². The van der Waals surface area contributed by atoms with Gasteiger partial charge in [-0.25, -0.2) is 5.26 Å².